The molecule has 8 nitrogen and oxygen atoms in total. The second-order valence-corrected chi connectivity index (χ2v) is 4.00. The SMILES string of the molecule is O=NC(CCC(=O)O)(CCC(=O)O)CCC(=O)O. The fourth-order valence-corrected chi connectivity index (χ4v) is 1.53. The first-order chi connectivity index (χ1) is 8.31. The van der Waals surface area contributed by atoms with E-state index >= 15 is 0 Å². The van der Waals surface area contributed by atoms with Crippen molar-refractivity contribution in [1.29, 1.82) is 0 Å². The maximum atomic E-state index is 10.8. The Kier molecular flexibility index (Phi) is 6.54. The zero-order valence-corrected chi connectivity index (χ0v) is 9.66. The summed E-state index contributed by atoms with van der Waals surface area (Å²) in [7, 11) is 0. The van der Waals surface area contributed by atoms with Crippen molar-refractivity contribution in [1.82, 2.24) is 0 Å². The number of rotatable bonds is 10. The van der Waals surface area contributed by atoms with Crippen LogP contribution in [0.3, 0.4) is 0 Å². The maximum absolute atomic E-state index is 10.8. The number of hydrogen-bond acceptors (Lipinski definition) is 5. The highest BCUT2D eigenvalue weighted by atomic mass is 16.4. The Morgan fingerprint density at radius 3 is 1.22 bits per heavy atom. The van der Waals surface area contributed by atoms with Crippen LogP contribution in [0.25, 0.3) is 0 Å². The van der Waals surface area contributed by atoms with E-state index in [1.807, 2.05) is 0 Å². The average molecular weight is 261 g/mol. The average Bonchev–Trinajstić information content (AvgIpc) is 2.28. The van der Waals surface area contributed by atoms with Crippen molar-refractivity contribution in [2.24, 2.45) is 5.18 Å². The lowest BCUT2D eigenvalue weighted by Gasteiger charge is -2.24. The Hall–Kier alpha value is -1.99. The van der Waals surface area contributed by atoms with Gasteiger partial charge in [-0.1, -0.05) is 5.18 Å². The molecule has 0 rings (SSSR count). The lowest BCUT2D eigenvalue weighted by atomic mass is 9.84. The fourth-order valence-electron chi connectivity index (χ4n) is 1.53. The molecule has 0 aliphatic carbocycles. The van der Waals surface area contributed by atoms with Gasteiger partial charge in [0.15, 0.2) is 0 Å². The molecule has 0 aliphatic heterocycles. The highest BCUT2D eigenvalue weighted by molar-refractivity contribution is 5.68. The number of carboxylic acids is 3. The van der Waals surface area contributed by atoms with Gasteiger partial charge in [-0.3, -0.25) is 14.4 Å². The van der Waals surface area contributed by atoms with Crippen LogP contribution >= 0.6 is 0 Å². The van der Waals surface area contributed by atoms with Crippen LogP contribution in [-0.2, 0) is 14.4 Å². The molecule has 0 aromatic rings. The number of nitrogens with zero attached hydrogens (tertiary/aromatic N) is 1. The Morgan fingerprint density at radius 1 is 0.778 bits per heavy atom. The molecule has 0 fully saturated rings. The zero-order valence-electron chi connectivity index (χ0n) is 9.66. The van der Waals surface area contributed by atoms with E-state index in [0.29, 0.717) is 0 Å². The molecule has 0 bridgehead atoms. The van der Waals surface area contributed by atoms with Crippen molar-refractivity contribution in [2.75, 3.05) is 0 Å². The lowest BCUT2D eigenvalue weighted by molar-refractivity contribution is -0.137. The summed E-state index contributed by atoms with van der Waals surface area (Å²) >= 11 is 0. The minimum atomic E-state index is -1.44. The zero-order chi connectivity index (χ0) is 14.2. The van der Waals surface area contributed by atoms with E-state index in [2.05, 4.69) is 5.18 Å². The molecule has 0 atom stereocenters. The predicted octanol–water partition coefficient (Wildman–Crippen LogP) is 1.09. The van der Waals surface area contributed by atoms with Gasteiger partial charge >= 0.3 is 17.9 Å². The quantitative estimate of drug-likeness (QED) is 0.499. The van der Waals surface area contributed by atoms with Crippen LogP contribution in [-0.4, -0.2) is 38.8 Å². The fraction of sp³-hybridized carbons (Fsp3) is 0.700. The first kappa shape index (κ1) is 16.0. The topological polar surface area (TPSA) is 141 Å². The molecule has 0 unspecified atom stereocenters. The number of hydrogen-bond donors (Lipinski definition) is 3. The summed E-state index contributed by atoms with van der Waals surface area (Å²) in [4.78, 5) is 42.2. The molecular formula is C10H15NO7. The van der Waals surface area contributed by atoms with Gasteiger partial charge in [0, 0.05) is 19.3 Å². The van der Waals surface area contributed by atoms with E-state index in [-0.39, 0.29) is 38.5 Å². The van der Waals surface area contributed by atoms with Gasteiger partial charge in [-0.2, -0.15) is 4.91 Å². The third-order valence-electron chi connectivity index (χ3n) is 2.61. The Bertz CT molecular complexity index is 294. The summed E-state index contributed by atoms with van der Waals surface area (Å²) in [6, 6.07) is 0. The molecule has 18 heavy (non-hydrogen) atoms. The minimum Gasteiger partial charge on any atom is -0.481 e. The smallest absolute Gasteiger partial charge is 0.303 e. The van der Waals surface area contributed by atoms with E-state index in [4.69, 9.17) is 15.3 Å². The maximum Gasteiger partial charge on any atom is 0.303 e. The number of carbonyl (C=O) groups is 3. The Labute approximate surface area is 103 Å². The van der Waals surface area contributed by atoms with Gasteiger partial charge < -0.3 is 15.3 Å². The second-order valence-electron chi connectivity index (χ2n) is 4.00. The lowest BCUT2D eigenvalue weighted by Crippen LogP contribution is -2.29. The van der Waals surface area contributed by atoms with Crippen molar-refractivity contribution in [3.8, 4) is 0 Å². The molecule has 0 spiro atoms. The van der Waals surface area contributed by atoms with Gasteiger partial charge in [0.2, 0.25) is 0 Å². The predicted molar refractivity (Wildman–Crippen MR) is 59.1 cm³/mol. The van der Waals surface area contributed by atoms with Crippen molar-refractivity contribution in [3.63, 3.8) is 0 Å². The standard InChI is InChI=1S/C10H15NO7/c12-7(13)1-4-10(11-18,5-2-8(14)15)6-3-9(16)17/h1-6H2,(H,12,13)(H,14,15)(H,16,17). The van der Waals surface area contributed by atoms with E-state index < -0.39 is 23.4 Å². The van der Waals surface area contributed by atoms with E-state index in [9.17, 15) is 19.3 Å². The molecule has 102 valence electrons. The van der Waals surface area contributed by atoms with Crippen LogP contribution in [0.2, 0.25) is 0 Å². The van der Waals surface area contributed by atoms with Gasteiger partial charge in [0.05, 0.1) is 0 Å². The second kappa shape index (κ2) is 7.36. The third kappa shape index (κ3) is 6.56. The van der Waals surface area contributed by atoms with Gasteiger partial charge in [-0.15, -0.1) is 0 Å². The molecular weight excluding hydrogens is 246 g/mol. The van der Waals surface area contributed by atoms with Crippen LogP contribution in [0.4, 0.5) is 0 Å². The highest BCUT2D eigenvalue weighted by Crippen LogP contribution is 2.29. The first-order valence-corrected chi connectivity index (χ1v) is 5.31. The minimum absolute atomic E-state index is 0.160. The van der Waals surface area contributed by atoms with E-state index in [0.717, 1.165) is 0 Å². The molecule has 0 aromatic carbocycles. The molecule has 0 aliphatic rings. The molecule has 0 aromatic heterocycles. The molecule has 0 amide bonds. The third-order valence-corrected chi connectivity index (χ3v) is 2.61. The normalized spacial score (nSPS) is 10.9. The summed E-state index contributed by atoms with van der Waals surface area (Å²) < 4.78 is 0. The molecule has 3 N–H and O–H groups in total. The van der Waals surface area contributed by atoms with Crippen molar-refractivity contribution < 1.29 is 29.7 Å². The summed E-state index contributed by atoms with van der Waals surface area (Å²) in [6.07, 6.45) is -1.55. The summed E-state index contributed by atoms with van der Waals surface area (Å²) in [5, 5.41) is 28.4. The Morgan fingerprint density at radius 2 is 1.06 bits per heavy atom. The first-order valence-electron chi connectivity index (χ1n) is 5.31. The van der Waals surface area contributed by atoms with Crippen LogP contribution < -0.4 is 0 Å². The van der Waals surface area contributed by atoms with Crippen molar-refractivity contribution in [3.05, 3.63) is 4.91 Å². The number of aliphatic carboxylic acids is 3. The largest absolute Gasteiger partial charge is 0.481 e. The van der Waals surface area contributed by atoms with Gasteiger partial charge in [-0.05, 0) is 19.3 Å². The monoisotopic (exact) mass is 261 g/mol. The molecule has 8 heteroatoms. The molecule has 0 saturated heterocycles. The van der Waals surface area contributed by atoms with Gasteiger partial charge in [0.25, 0.3) is 0 Å². The van der Waals surface area contributed by atoms with Gasteiger partial charge in [0.1, 0.15) is 5.54 Å². The number of carboxylic acid groups (broad SMARTS) is 3. The molecule has 0 saturated carbocycles. The summed E-state index contributed by atoms with van der Waals surface area (Å²) in [6.45, 7) is 0. The molecule has 0 radical (unpaired) electrons. The van der Waals surface area contributed by atoms with Crippen molar-refractivity contribution in [2.45, 2.75) is 44.1 Å². The highest BCUT2D eigenvalue weighted by Gasteiger charge is 2.33. The van der Waals surface area contributed by atoms with Gasteiger partial charge in [-0.25, -0.2) is 0 Å². The summed E-state index contributed by atoms with van der Waals surface area (Å²) in [5.41, 5.74) is -1.44. The van der Waals surface area contributed by atoms with E-state index in [1.165, 1.54) is 0 Å². The number of nitroso groups, excluding NO2 is 1. The summed E-state index contributed by atoms with van der Waals surface area (Å²) in [5.74, 6) is -3.43. The van der Waals surface area contributed by atoms with Crippen LogP contribution in [0, 0.1) is 4.91 Å². The van der Waals surface area contributed by atoms with Crippen LogP contribution in [0.5, 0.6) is 0 Å². The molecule has 0 heterocycles. The van der Waals surface area contributed by atoms with Crippen molar-refractivity contribution >= 4 is 17.9 Å². The van der Waals surface area contributed by atoms with E-state index in [1.54, 1.807) is 0 Å². The van der Waals surface area contributed by atoms with Crippen LogP contribution in [0.15, 0.2) is 5.18 Å². The van der Waals surface area contributed by atoms with Crippen LogP contribution in [0.1, 0.15) is 38.5 Å². The Balaban J connectivity index is 4.69.